The molecule has 0 radical (unpaired) electrons. The molecule has 1 unspecified atom stereocenters. The van der Waals surface area contributed by atoms with Crippen molar-refractivity contribution in [3.05, 3.63) is 29.3 Å². The summed E-state index contributed by atoms with van der Waals surface area (Å²) in [5.41, 5.74) is -0.262. The zero-order valence-corrected chi connectivity index (χ0v) is 11.6. The first-order valence-electron chi connectivity index (χ1n) is 6.59. The van der Waals surface area contributed by atoms with Crippen LogP contribution >= 0.6 is 0 Å². The molecule has 0 saturated carbocycles. The standard InChI is InChI=1S/C14H19F3N2O/c1-10-8-18(2)5-6-19(10)12-4-3-11(9-20)13(7-12)14(15,16)17/h3-4,7,10,20H,5-6,8-9H2,1-2H3. The first-order valence-corrected chi connectivity index (χ1v) is 6.59. The van der Waals surface area contributed by atoms with E-state index in [2.05, 4.69) is 4.90 Å². The Morgan fingerprint density at radius 1 is 1.30 bits per heavy atom. The third-order valence-electron chi connectivity index (χ3n) is 3.73. The Kier molecular flexibility index (Phi) is 4.25. The number of nitrogens with zero attached hydrogens (tertiary/aromatic N) is 2. The molecular weight excluding hydrogens is 269 g/mol. The maximum atomic E-state index is 13.0. The van der Waals surface area contributed by atoms with E-state index in [1.807, 2.05) is 18.9 Å². The third-order valence-corrected chi connectivity index (χ3v) is 3.73. The fourth-order valence-electron chi connectivity index (χ4n) is 2.67. The van der Waals surface area contributed by atoms with Crippen LogP contribution in [0.25, 0.3) is 0 Å². The number of hydrogen-bond acceptors (Lipinski definition) is 3. The number of alkyl halides is 3. The van der Waals surface area contributed by atoms with Gasteiger partial charge in [-0.15, -0.1) is 0 Å². The fraction of sp³-hybridized carbons (Fsp3) is 0.571. The van der Waals surface area contributed by atoms with Crippen LogP contribution in [-0.4, -0.2) is 42.7 Å². The van der Waals surface area contributed by atoms with E-state index in [4.69, 9.17) is 5.11 Å². The summed E-state index contributed by atoms with van der Waals surface area (Å²) in [4.78, 5) is 4.14. The van der Waals surface area contributed by atoms with Gasteiger partial charge >= 0.3 is 6.18 Å². The summed E-state index contributed by atoms with van der Waals surface area (Å²) >= 11 is 0. The Morgan fingerprint density at radius 3 is 2.55 bits per heavy atom. The fourth-order valence-corrected chi connectivity index (χ4v) is 2.67. The van der Waals surface area contributed by atoms with Crippen LogP contribution in [0.2, 0.25) is 0 Å². The smallest absolute Gasteiger partial charge is 0.392 e. The Balaban J connectivity index is 2.34. The van der Waals surface area contributed by atoms with Gasteiger partial charge in [-0.2, -0.15) is 13.2 Å². The molecule has 0 aromatic heterocycles. The zero-order chi connectivity index (χ0) is 14.9. The topological polar surface area (TPSA) is 26.7 Å². The van der Waals surface area contributed by atoms with Crippen molar-refractivity contribution in [2.75, 3.05) is 31.6 Å². The summed E-state index contributed by atoms with van der Waals surface area (Å²) in [7, 11) is 2.00. The highest BCUT2D eigenvalue weighted by atomic mass is 19.4. The third kappa shape index (κ3) is 3.07. The quantitative estimate of drug-likeness (QED) is 0.905. The Labute approximate surface area is 116 Å². The van der Waals surface area contributed by atoms with E-state index in [1.54, 1.807) is 6.07 Å². The predicted octanol–water partition coefficient (Wildman–Crippen LogP) is 2.34. The van der Waals surface area contributed by atoms with Gasteiger partial charge in [0.05, 0.1) is 12.2 Å². The molecule has 1 aliphatic rings. The number of hydrogen-bond donors (Lipinski definition) is 1. The number of piperazine rings is 1. The van der Waals surface area contributed by atoms with E-state index in [0.29, 0.717) is 12.2 Å². The first kappa shape index (κ1) is 15.1. The SMILES string of the molecule is CC1CN(C)CCN1c1ccc(CO)c(C(F)(F)F)c1. The van der Waals surface area contributed by atoms with Crippen molar-refractivity contribution in [2.24, 2.45) is 0 Å². The summed E-state index contributed by atoms with van der Waals surface area (Å²) < 4.78 is 39.0. The van der Waals surface area contributed by atoms with Crippen LogP contribution < -0.4 is 4.90 Å². The zero-order valence-electron chi connectivity index (χ0n) is 11.6. The van der Waals surface area contributed by atoms with Crippen LogP contribution in [0.3, 0.4) is 0 Å². The minimum atomic E-state index is -4.44. The van der Waals surface area contributed by atoms with E-state index < -0.39 is 18.3 Å². The highest BCUT2D eigenvalue weighted by Gasteiger charge is 2.34. The maximum absolute atomic E-state index is 13.0. The molecule has 2 rings (SSSR count). The molecule has 0 bridgehead atoms. The summed E-state index contributed by atoms with van der Waals surface area (Å²) in [6.45, 7) is 3.75. The molecule has 1 heterocycles. The van der Waals surface area contributed by atoms with Gasteiger partial charge in [-0.1, -0.05) is 6.07 Å². The second-order valence-electron chi connectivity index (χ2n) is 5.30. The molecule has 1 fully saturated rings. The van der Waals surface area contributed by atoms with Gasteiger partial charge in [0.1, 0.15) is 0 Å². The average molecular weight is 288 g/mol. The van der Waals surface area contributed by atoms with Crippen LogP contribution in [0, 0.1) is 0 Å². The highest BCUT2D eigenvalue weighted by molar-refractivity contribution is 5.53. The number of aliphatic hydroxyl groups is 1. The van der Waals surface area contributed by atoms with Crippen LogP contribution in [0.4, 0.5) is 18.9 Å². The number of anilines is 1. The molecule has 112 valence electrons. The van der Waals surface area contributed by atoms with Gasteiger partial charge in [0.25, 0.3) is 0 Å². The largest absolute Gasteiger partial charge is 0.416 e. The monoisotopic (exact) mass is 288 g/mol. The normalized spacial score (nSPS) is 21.3. The van der Waals surface area contributed by atoms with E-state index in [9.17, 15) is 13.2 Å². The summed E-state index contributed by atoms with van der Waals surface area (Å²) in [5.74, 6) is 0. The van der Waals surface area contributed by atoms with Crippen molar-refractivity contribution in [1.29, 1.82) is 0 Å². The number of benzene rings is 1. The number of aliphatic hydroxyl groups excluding tert-OH is 1. The van der Waals surface area contributed by atoms with Gasteiger partial charge in [-0.3, -0.25) is 0 Å². The van der Waals surface area contributed by atoms with E-state index in [-0.39, 0.29) is 11.6 Å². The van der Waals surface area contributed by atoms with Crippen LogP contribution in [0.1, 0.15) is 18.1 Å². The first-order chi connectivity index (χ1) is 9.32. The second kappa shape index (κ2) is 5.61. The molecular formula is C14H19F3N2O. The lowest BCUT2D eigenvalue weighted by Crippen LogP contribution is -2.50. The van der Waals surface area contributed by atoms with Crippen molar-refractivity contribution in [1.82, 2.24) is 4.90 Å². The van der Waals surface area contributed by atoms with Gasteiger partial charge in [0.2, 0.25) is 0 Å². The molecule has 1 atom stereocenters. The Morgan fingerprint density at radius 2 is 2.00 bits per heavy atom. The van der Waals surface area contributed by atoms with Gasteiger partial charge in [-0.25, -0.2) is 0 Å². The van der Waals surface area contributed by atoms with Crippen LogP contribution in [0.15, 0.2) is 18.2 Å². The van der Waals surface area contributed by atoms with Crippen molar-refractivity contribution < 1.29 is 18.3 Å². The molecule has 1 aromatic carbocycles. The number of rotatable bonds is 2. The minimum Gasteiger partial charge on any atom is -0.392 e. The summed E-state index contributed by atoms with van der Waals surface area (Å²) in [5, 5.41) is 9.05. The molecule has 20 heavy (non-hydrogen) atoms. The van der Waals surface area contributed by atoms with Crippen molar-refractivity contribution in [3.63, 3.8) is 0 Å². The Hall–Kier alpha value is -1.27. The van der Waals surface area contributed by atoms with Crippen molar-refractivity contribution in [3.8, 4) is 0 Å². The lowest BCUT2D eigenvalue weighted by atomic mass is 10.0. The van der Waals surface area contributed by atoms with Crippen molar-refractivity contribution >= 4 is 5.69 Å². The van der Waals surface area contributed by atoms with Crippen LogP contribution in [-0.2, 0) is 12.8 Å². The molecule has 3 nitrogen and oxygen atoms in total. The minimum absolute atomic E-state index is 0.0805. The average Bonchev–Trinajstić information content (AvgIpc) is 2.37. The van der Waals surface area contributed by atoms with Crippen LogP contribution in [0.5, 0.6) is 0 Å². The Bertz CT molecular complexity index is 476. The predicted molar refractivity (Wildman–Crippen MR) is 71.7 cm³/mol. The lowest BCUT2D eigenvalue weighted by Gasteiger charge is -2.40. The van der Waals surface area contributed by atoms with E-state index in [1.165, 1.54) is 6.07 Å². The summed E-state index contributed by atoms with van der Waals surface area (Å²) in [6, 6.07) is 4.33. The lowest BCUT2D eigenvalue weighted by molar-refractivity contribution is -0.138. The molecule has 0 amide bonds. The van der Waals surface area contributed by atoms with E-state index >= 15 is 0 Å². The maximum Gasteiger partial charge on any atom is 0.416 e. The summed E-state index contributed by atoms with van der Waals surface area (Å²) in [6.07, 6.45) is -4.44. The molecule has 6 heteroatoms. The molecule has 1 saturated heterocycles. The van der Waals surface area contributed by atoms with Crippen molar-refractivity contribution in [2.45, 2.75) is 25.7 Å². The number of halogens is 3. The van der Waals surface area contributed by atoms with Gasteiger partial charge in [0, 0.05) is 31.4 Å². The van der Waals surface area contributed by atoms with E-state index in [0.717, 1.165) is 19.2 Å². The molecule has 1 N–H and O–H groups in total. The molecule has 0 aliphatic carbocycles. The molecule has 0 spiro atoms. The molecule has 1 aliphatic heterocycles. The van der Waals surface area contributed by atoms with Gasteiger partial charge < -0.3 is 14.9 Å². The molecule has 1 aromatic rings. The number of likely N-dealkylation sites (N-methyl/N-ethyl adjacent to an activating group) is 1. The highest BCUT2D eigenvalue weighted by Crippen LogP contribution is 2.35. The second-order valence-corrected chi connectivity index (χ2v) is 5.30. The van der Waals surface area contributed by atoms with Gasteiger partial charge in [-0.05, 0) is 31.7 Å². The van der Waals surface area contributed by atoms with Gasteiger partial charge in [0.15, 0.2) is 0 Å².